The van der Waals surface area contributed by atoms with E-state index in [9.17, 15) is 4.79 Å². The van der Waals surface area contributed by atoms with Crippen molar-refractivity contribution in [3.63, 3.8) is 0 Å². The molecule has 0 aromatic rings. The normalized spacial score (nSPS) is 20.1. The number of urea groups is 1. The van der Waals surface area contributed by atoms with Crippen LogP contribution in [0.3, 0.4) is 0 Å². The van der Waals surface area contributed by atoms with E-state index in [1.807, 2.05) is 11.8 Å². The standard InChI is InChI=1S/C11H23N3O/c1-9-4-7-14(8-5-9)11(15)13-10(2)3-6-12/h9-10H,3-8,12H2,1-2H3,(H,13,15). The fourth-order valence-corrected chi connectivity index (χ4v) is 1.84. The van der Waals surface area contributed by atoms with E-state index in [0.717, 1.165) is 38.3 Å². The van der Waals surface area contributed by atoms with Gasteiger partial charge in [-0.1, -0.05) is 6.92 Å². The fourth-order valence-electron chi connectivity index (χ4n) is 1.84. The van der Waals surface area contributed by atoms with Gasteiger partial charge in [0.25, 0.3) is 0 Å². The third-order valence-electron chi connectivity index (χ3n) is 3.04. The summed E-state index contributed by atoms with van der Waals surface area (Å²) in [6.07, 6.45) is 3.09. The average molecular weight is 213 g/mol. The molecule has 4 heteroatoms. The third-order valence-corrected chi connectivity index (χ3v) is 3.04. The van der Waals surface area contributed by atoms with Crippen molar-refractivity contribution < 1.29 is 4.79 Å². The molecule has 0 spiro atoms. The van der Waals surface area contributed by atoms with E-state index < -0.39 is 0 Å². The van der Waals surface area contributed by atoms with Gasteiger partial charge < -0.3 is 16.0 Å². The smallest absolute Gasteiger partial charge is 0.317 e. The number of hydrogen-bond donors (Lipinski definition) is 2. The maximum Gasteiger partial charge on any atom is 0.317 e. The zero-order valence-corrected chi connectivity index (χ0v) is 9.83. The van der Waals surface area contributed by atoms with Crippen LogP contribution >= 0.6 is 0 Å². The fraction of sp³-hybridized carbons (Fsp3) is 0.909. The Kier molecular flexibility index (Phi) is 4.88. The lowest BCUT2D eigenvalue weighted by atomic mass is 10.00. The summed E-state index contributed by atoms with van der Waals surface area (Å²) in [5, 5.41) is 2.97. The van der Waals surface area contributed by atoms with Gasteiger partial charge in [0.2, 0.25) is 0 Å². The second kappa shape index (κ2) is 5.95. The first-order valence-corrected chi connectivity index (χ1v) is 5.89. The van der Waals surface area contributed by atoms with E-state index in [1.165, 1.54) is 0 Å². The van der Waals surface area contributed by atoms with Crippen LogP contribution in [0.1, 0.15) is 33.1 Å². The molecule has 4 nitrogen and oxygen atoms in total. The summed E-state index contributed by atoms with van der Waals surface area (Å²) in [4.78, 5) is 13.7. The number of rotatable bonds is 3. The van der Waals surface area contributed by atoms with Crippen LogP contribution in [0.15, 0.2) is 0 Å². The lowest BCUT2D eigenvalue weighted by molar-refractivity contribution is 0.171. The molecule has 3 N–H and O–H groups in total. The van der Waals surface area contributed by atoms with Crippen molar-refractivity contribution >= 4 is 6.03 Å². The highest BCUT2D eigenvalue weighted by molar-refractivity contribution is 5.74. The predicted molar refractivity (Wildman–Crippen MR) is 61.6 cm³/mol. The number of carbonyl (C=O) groups excluding carboxylic acids is 1. The maximum atomic E-state index is 11.8. The largest absolute Gasteiger partial charge is 0.335 e. The Hall–Kier alpha value is -0.770. The minimum Gasteiger partial charge on any atom is -0.335 e. The molecule has 1 unspecified atom stereocenters. The van der Waals surface area contributed by atoms with Crippen molar-refractivity contribution in [3.05, 3.63) is 0 Å². The molecular weight excluding hydrogens is 190 g/mol. The number of nitrogens with zero attached hydrogens (tertiary/aromatic N) is 1. The minimum atomic E-state index is 0.0721. The molecular formula is C11H23N3O. The van der Waals surface area contributed by atoms with Crippen LogP contribution in [0.25, 0.3) is 0 Å². The van der Waals surface area contributed by atoms with Crippen LogP contribution in [0.5, 0.6) is 0 Å². The molecule has 1 atom stereocenters. The van der Waals surface area contributed by atoms with Crippen LogP contribution in [-0.4, -0.2) is 36.6 Å². The summed E-state index contributed by atoms with van der Waals surface area (Å²) in [5.41, 5.74) is 5.44. The number of nitrogens with two attached hydrogens (primary N) is 1. The second-order valence-corrected chi connectivity index (χ2v) is 4.60. The van der Waals surface area contributed by atoms with Gasteiger partial charge in [-0.3, -0.25) is 0 Å². The van der Waals surface area contributed by atoms with Crippen LogP contribution in [-0.2, 0) is 0 Å². The summed E-state index contributed by atoms with van der Waals surface area (Å²) < 4.78 is 0. The molecule has 1 aliphatic rings. The molecule has 2 amide bonds. The zero-order chi connectivity index (χ0) is 11.3. The second-order valence-electron chi connectivity index (χ2n) is 4.60. The zero-order valence-electron chi connectivity index (χ0n) is 9.83. The quantitative estimate of drug-likeness (QED) is 0.739. The van der Waals surface area contributed by atoms with E-state index in [-0.39, 0.29) is 12.1 Å². The van der Waals surface area contributed by atoms with E-state index in [2.05, 4.69) is 12.2 Å². The van der Waals surface area contributed by atoms with Crippen molar-refractivity contribution in [2.24, 2.45) is 11.7 Å². The van der Waals surface area contributed by atoms with Crippen molar-refractivity contribution in [1.82, 2.24) is 10.2 Å². The first-order valence-electron chi connectivity index (χ1n) is 5.89. The molecule has 0 aromatic heterocycles. The minimum absolute atomic E-state index is 0.0721. The van der Waals surface area contributed by atoms with Gasteiger partial charge in [0.15, 0.2) is 0 Å². The van der Waals surface area contributed by atoms with Crippen LogP contribution in [0.2, 0.25) is 0 Å². The summed E-state index contributed by atoms with van der Waals surface area (Å²) in [5.74, 6) is 0.760. The number of likely N-dealkylation sites (tertiary alicyclic amines) is 1. The Morgan fingerprint density at radius 3 is 2.67 bits per heavy atom. The summed E-state index contributed by atoms with van der Waals surface area (Å²) in [6, 6.07) is 0.254. The van der Waals surface area contributed by atoms with Crippen LogP contribution < -0.4 is 11.1 Å². The Morgan fingerprint density at radius 2 is 2.13 bits per heavy atom. The van der Waals surface area contributed by atoms with Gasteiger partial charge in [-0.15, -0.1) is 0 Å². The Morgan fingerprint density at radius 1 is 1.53 bits per heavy atom. The first-order chi connectivity index (χ1) is 7.13. The predicted octanol–water partition coefficient (Wildman–Crippen LogP) is 1.17. The van der Waals surface area contributed by atoms with Gasteiger partial charge in [0.1, 0.15) is 0 Å². The Bertz CT molecular complexity index is 200. The molecule has 0 saturated carbocycles. The molecule has 15 heavy (non-hydrogen) atoms. The van der Waals surface area contributed by atoms with Crippen LogP contribution in [0, 0.1) is 5.92 Å². The molecule has 1 heterocycles. The van der Waals surface area contributed by atoms with Crippen molar-refractivity contribution in [2.75, 3.05) is 19.6 Å². The van der Waals surface area contributed by atoms with E-state index in [0.29, 0.717) is 6.54 Å². The van der Waals surface area contributed by atoms with Crippen molar-refractivity contribution in [3.8, 4) is 0 Å². The number of nitrogens with one attached hydrogen (secondary N) is 1. The molecule has 1 rings (SSSR count). The van der Waals surface area contributed by atoms with Gasteiger partial charge in [0, 0.05) is 19.1 Å². The van der Waals surface area contributed by atoms with Crippen molar-refractivity contribution in [2.45, 2.75) is 39.2 Å². The van der Waals surface area contributed by atoms with Gasteiger partial charge in [-0.25, -0.2) is 4.79 Å². The van der Waals surface area contributed by atoms with E-state index in [1.54, 1.807) is 0 Å². The SMILES string of the molecule is CC1CCN(C(=O)NC(C)CCN)CC1. The molecule has 1 saturated heterocycles. The monoisotopic (exact) mass is 213 g/mol. The molecule has 0 aromatic carbocycles. The molecule has 1 aliphatic heterocycles. The highest BCUT2D eigenvalue weighted by Gasteiger charge is 2.20. The first kappa shape index (κ1) is 12.3. The van der Waals surface area contributed by atoms with Crippen molar-refractivity contribution in [1.29, 1.82) is 0 Å². The molecule has 1 fully saturated rings. The summed E-state index contributed by atoms with van der Waals surface area (Å²) in [7, 11) is 0. The molecule has 0 radical (unpaired) electrons. The molecule has 0 bridgehead atoms. The number of piperidine rings is 1. The molecule has 0 aliphatic carbocycles. The lowest BCUT2D eigenvalue weighted by Gasteiger charge is -2.31. The number of amides is 2. The lowest BCUT2D eigenvalue weighted by Crippen LogP contribution is -2.47. The number of carbonyl (C=O) groups is 1. The highest BCUT2D eigenvalue weighted by atomic mass is 16.2. The Balaban J connectivity index is 2.27. The van der Waals surface area contributed by atoms with E-state index >= 15 is 0 Å². The Labute approximate surface area is 92.2 Å². The molecule has 88 valence electrons. The van der Waals surface area contributed by atoms with Gasteiger partial charge >= 0.3 is 6.03 Å². The maximum absolute atomic E-state index is 11.8. The van der Waals surface area contributed by atoms with Crippen LogP contribution in [0.4, 0.5) is 4.79 Å². The topological polar surface area (TPSA) is 58.4 Å². The van der Waals surface area contributed by atoms with E-state index in [4.69, 9.17) is 5.73 Å². The average Bonchev–Trinajstić information content (AvgIpc) is 2.18. The number of hydrogen-bond acceptors (Lipinski definition) is 2. The van der Waals surface area contributed by atoms with Gasteiger partial charge in [-0.05, 0) is 38.6 Å². The summed E-state index contributed by atoms with van der Waals surface area (Å²) >= 11 is 0. The van der Waals surface area contributed by atoms with Gasteiger partial charge in [0.05, 0.1) is 0 Å². The third kappa shape index (κ3) is 4.08. The summed E-state index contributed by atoms with van der Waals surface area (Å²) in [6.45, 7) is 6.65. The highest BCUT2D eigenvalue weighted by Crippen LogP contribution is 2.15. The van der Waals surface area contributed by atoms with Gasteiger partial charge in [-0.2, -0.15) is 0 Å².